The van der Waals surface area contributed by atoms with E-state index in [0.717, 1.165) is 16.7 Å². The van der Waals surface area contributed by atoms with Gasteiger partial charge in [-0.15, -0.1) is 0 Å². The minimum Gasteiger partial charge on any atom is -0.260 e. The summed E-state index contributed by atoms with van der Waals surface area (Å²) in [5.41, 5.74) is 3.60. The summed E-state index contributed by atoms with van der Waals surface area (Å²) in [6, 6.07) is 16.5. The molecule has 3 heteroatoms. The lowest BCUT2D eigenvalue weighted by Gasteiger charge is -2.24. The van der Waals surface area contributed by atoms with E-state index in [1.165, 1.54) is 11.1 Å². The summed E-state index contributed by atoms with van der Waals surface area (Å²) in [5, 5.41) is 6.49. The van der Waals surface area contributed by atoms with Crippen LogP contribution in [0.3, 0.4) is 0 Å². The second-order valence-corrected chi connectivity index (χ2v) is 4.81. The Balaban J connectivity index is 1.98. The Bertz CT molecular complexity index is 578. The van der Waals surface area contributed by atoms with Crippen LogP contribution in [0.5, 0.6) is 0 Å². The van der Waals surface area contributed by atoms with Crippen molar-refractivity contribution in [3.05, 3.63) is 64.1 Å². The van der Waals surface area contributed by atoms with Gasteiger partial charge in [-0.1, -0.05) is 36.4 Å². The fourth-order valence-electron chi connectivity index (χ4n) is 1.95. The summed E-state index contributed by atoms with van der Waals surface area (Å²) < 4.78 is 1.07. The van der Waals surface area contributed by atoms with Crippen molar-refractivity contribution in [3.8, 4) is 0 Å². The van der Waals surface area contributed by atoms with E-state index in [9.17, 15) is 0 Å². The Morgan fingerprint density at radius 2 is 1.76 bits per heavy atom. The summed E-state index contributed by atoms with van der Waals surface area (Å²) in [5.74, 6) is 0. The number of halogens is 1. The smallest absolute Gasteiger partial charge is 0.0739 e. The molecule has 1 aliphatic heterocycles. The molecule has 0 aliphatic carbocycles. The highest BCUT2D eigenvalue weighted by atomic mass is 79.9. The van der Waals surface area contributed by atoms with Gasteiger partial charge in [0.15, 0.2) is 0 Å². The van der Waals surface area contributed by atoms with Crippen molar-refractivity contribution in [2.75, 3.05) is 5.01 Å². The van der Waals surface area contributed by atoms with Gasteiger partial charge in [0.25, 0.3) is 0 Å². The number of fused-ring (bicyclic) bond motifs is 1. The summed E-state index contributed by atoms with van der Waals surface area (Å²) in [6.45, 7) is 0.815. The fourth-order valence-corrected chi connectivity index (χ4v) is 2.44. The monoisotopic (exact) mass is 286 g/mol. The molecule has 3 rings (SSSR count). The predicted octanol–water partition coefficient (Wildman–Crippen LogP) is 3.80. The zero-order chi connectivity index (χ0) is 11.7. The molecule has 0 saturated heterocycles. The van der Waals surface area contributed by atoms with E-state index in [-0.39, 0.29) is 0 Å². The molecule has 2 aromatic carbocycles. The van der Waals surface area contributed by atoms with Crippen molar-refractivity contribution in [1.29, 1.82) is 0 Å². The number of hydrogen-bond donors (Lipinski definition) is 0. The Morgan fingerprint density at radius 1 is 1.00 bits per heavy atom. The van der Waals surface area contributed by atoms with Crippen LogP contribution in [0.4, 0.5) is 5.69 Å². The Morgan fingerprint density at radius 3 is 2.65 bits per heavy atom. The van der Waals surface area contributed by atoms with E-state index in [2.05, 4.69) is 45.3 Å². The largest absolute Gasteiger partial charge is 0.260 e. The highest BCUT2D eigenvalue weighted by Crippen LogP contribution is 2.29. The molecule has 0 unspecified atom stereocenters. The van der Waals surface area contributed by atoms with Crippen LogP contribution >= 0.6 is 15.9 Å². The molecule has 17 heavy (non-hydrogen) atoms. The van der Waals surface area contributed by atoms with E-state index in [4.69, 9.17) is 0 Å². The molecule has 0 fully saturated rings. The van der Waals surface area contributed by atoms with Gasteiger partial charge in [0.2, 0.25) is 0 Å². The molecule has 84 valence electrons. The van der Waals surface area contributed by atoms with E-state index in [1.807, 2.05) is 35.5 Å². The first-order chi connectivity index (χ1) is 8.34. The van der Waals surface area contributed by atoms with Crippen molar-refractivity contribution in [3.63, 3.8) is 0 Å². The second-order valence-electron chi connectivity index (χ2n) is 3.95. The maximum absolute atomic E-state index is 4.48. The number of anilines is 1. The molecule has 0 bridgehead atoms. The lowest BCUT2D eigenvalue weighted by Crippen LogP contribution is -2.21. The lowest BCUT2D eigenvalue weighted by molar-refractivity contribution is 0.840. The van der Waals surface area contributed by atoms with E-state index in [1.54, 1.807) is 0 Å². The van der Waals surface area contributed by atoms with Crippen LogP contribution in [0.25, 0.3) is 0 Å². The third kappa shape index (κ3) is 1.98. The second kappa shape index (κ2) is 4.34. The van der Waals surface area contributed by atoms with Gasteiger partial charge in [-0.05, 0) is 39.2 Å². The first kappa shape index (κ1) is 10.5. The predicted molar refractivity (Wildman–Crippen MR) is 74.4 cm³/mol. The van der Waals surface area contributed by atoms with Crippen molar-refractivity contribution in [2.24, 2.45) is 5.10 Å². The van der Waals surface area contributed by atoms with Crippen molar-refractivity contribution >= 4 is 27.8 Å². The molecular weight excluding hydrogens is 276 g/mol. The summed E-state index contributed by atoms with van der Waals surface area (Å²) in [7, 11) is 0. The number of rotatable bonds is 1. The van der Waals surface area contributed by atoms with E-state index >= 15 is 0 Å². The lowest BCUT2D eigenvalue weighted by atomic mass is 10.1. The maximum Gasteiger partial charge on any atom is 0.0739 e. The number of hydrazone groups is 1. The molecular formula is C14H11BrN2. The minimum atomic E-state index is 0.815. The molecule has 0 amide bonds. The SMILES string of the molecule is Brc1ccccc1N1Cc2ccccc2C=N1. The van der Waals surface area contributed by atoms with Crippen LogP contribution in [-0.4, -0.2) is 6.21 Å². The molecule has 0 spiro atoms. The van der Waals surface area contributed by atoms with Crippen LogP contribution in [0.2, 0.25) is 0 Å². The molecule has 2 nitrogen and oxygen atoms in total. The highest BCUT2D eigenvalue weighted by molar-refractivity contribution is 9.10. The van der Waals surface area contributed by atoms with Crippen molar-refractivity contribution in [1.82, 2.24) is 0 Å². The molecule has 0 saturated carbocycles. The first-order valence-electron chi connectivity index (χ1n) is 5.48. The number of nitrogens with zero attached hydrogens (tertiary/aromatic N) is 2. The summed E-state index contributed by atoms with van der Waals surface area (Å²) in [6.07, 6.45) is 1.91. The maximum atomic E-state index is 4.48. The molecule has 0 aromatic heterocycles. The number of hydrogen-bond acceptors (Lipinski definition) is 2. The van der Waals surface area contributed by atoms with Gasteiger partial charge in [-0.25, -0.2) is 0 Å². The Kier molecular flexibility index (Phi) is 2.69. The van der Waals surface area contributed by atoms with Crippen LogP contribution in [0.1, 0.15) is 11.1 Å². The van der Waals surface area contributed by atoms with Gasteiger partial charge in [0.05, 0.1) is 18.4 Å². The van der Waals surface area contributed by atoms with E-state index < -0.39 is 0 Å². The molecule has 0 N–H and O–H groups in total. The van der Waals surface area contributed by atoms with Gasteiger partial charge in [-0.2, -0.15) is 5.10 Å². The zero-order valence-corrected chi connectivity index (χ0v) is 10.8. The standard InChI is InChI=1S/C14H11BrN2/c15-13-7-3-4-8-14(13)17-10-12-6-2-1-5-11(12)9-16-17/h1-9H,10H2. The van der Waals surface area contributed by atoms with Gasteiger partial charge < -0.3 is 0 Å². The first-order valence-corrected chi connectivity index (χ1v) is 6.28. The highest BCUT2D eigenvalue weighted by Gasteiger charge is 2.14. The van der Waals surface area contributed by atoms with Crippen molar-refractivity contribution < 1.29 is 0 Å². The average Bonchev–Trinajstić information content (AvgIpc) is 2.39. The van der Waals surface area contributed by atoms with Crippen LogP contribution in [-0.2, 0) is 6.54 Å². The summed E-state index contributed by atoms with van der Waals surface area (Å²) >= 11 is 3.56. The molecule has 1 aliphatic rings. The van der Waals surface area contributed by atoms with Crippen LogP contribution in [0, 0.1) is 0 Å². The van der Waals surface area contributed by atoms with Gasteiger partial charge in [0, 0.05) is 4.47 Å². The average molecular weight is 287 g/mol. The van der Waals surface area contributed by atoms with E-state index in [0.29, 0.717) is 0 Å². The van der Waals surface area contributed by atoms with Gasteiger partial charge in [0.1, 0.15) is 0 Å². The molecule has 0 radical (unpaired) electrons. The minimum absolute atomic E-state index is 0.815. The topological polar surface area (TPSA) is 15.6 Å². The Labute approximate surface area is 109 Å². The van der Waals surface area contributed by atoms with Crippen LogP contribution in [0.15, 0.2) is 58.1 Å². The fraction of sp³-hybridized carbons (Fsp3) is 0.0714. The quantitative estimate of drug-likeness (QED) is 0.779. The van der Waals surface area contributed by atoms with Crippen LogP contribution < -0.4 is 5.01 Å². The number of benzene rings is 2. The summed E-state index contributed by atoms with van der Waals surface area (Å²) in [4.78, 5) is 0. The van der Waals surface area contributed by atoms with Gasteiger partial charge in [-0.3, -0.25) is 5.01 Å². The third-order valence-corrected chi connectivity index (χ3v) is 3.51. The molecule has 2 aromatic rings. The van der Waals surface area contributed by atoms with Crippen molar-refractivity contribution in [2.45, 2.75) is 6.54 Å². The Hall–Kier alpha value is -1.61. The normalized spacial score (nSPS) is 13.6. The zero-order valence-electron chi connectivity index (χ0n) is 9.18. The molecule has 1 heterocycles. The number of para-hydroxylation sites is 1. The molecule has 0 atom stereocenters. The third-order valence-electron chi connectivity index (χ3n) is 2.84. The van der Waals surface area contributed by atoms with Gasteiger partial charge >= 0.3 is 0 Å².